The highest BCUT2D eigenvalue weighted by Crippen LogP contribution is 2.23. The third-order valence-corrected chi connectivity index (χ3v) is 3.40. The summed E-state index contributed by atoms with van der Waals surface area (Å²) in [5, 5.41) is 11.4. The highest BCUT2D eigenvalue weighted by molar-refractivity contribution is 6.30. The van der Waals surface area contributed by atoms with Gasteiger partial charge in [-0.3, -0.25) is 9.59 Å². The van der Waals surface area contributed by atoms with Crippen LogP contribution in [0.1, 0.15) is 34.1 Å². The van der Waals surface area contributed by atoms with Gasteiger partial charge >= 0.3 is 5.97 Å². The summed E-state index contributed by atoms with van der Waals surface area (Å²) in [4.78, 5) is 23.1. The molecule has 1 unspecified atom stereocenters. The lowest BCUT2D eigenvalue weighted by atomic mass is 10.0. The number of furan rings is 1. The second-order valence-electron chi connectivity index (χ2n) is 4.73. The first-order valence-electron chi connectivity index (χ1n) is 6.40. The second kappa shape index (κ2) is 6.62. The zero-order chi connectivity index (χ0) is 16.3. The Hall–Kier alpha value is -2.34. The third-order valence-electron chi connectivity index (χ3n) is 3.10. The summed E-state index contributed by atoms with van der Waals surface area (Å²) < 4.78 is 18.6. The Morgan fingerprint density at radius 2 is 2.14 bits per heavy atom. The van der Waals surface area contributed by atoms with E-state index in [2.05, 4.69) is 5.32 Å². The average Bonchev–Trinajstić information content (AvgIpc) is 2.87. The van der Waals surface area contributed by atoms with Crippen LogP contribution >= 0.6 is 11.6 Å². The molecule has 0 aliphatic carbocycles. The van der Waals surface area contributed by atoms with Gasteiger partial charge in [-0.1, -0.05) is 17.7 Å². The minimum absolute atomic E-state index is 0.0777. The number of rotatable bonds is 5. The van der Waals surface area contributed by atoms with Gasteiger partial charge < -0.3 is 14.8 Å². The summed E-state index contributed by atoms with van der Waals surface area (Å²) in [6.45, 7) is 1.69. The van der Waals surface area contributed by atoms with Crippen molar-refractivity contribution in [3.63, 3.8) is 0 Å². The Balaban J connectivity index is 2.26. The Morgan fingerprint density at radius 1 is 1.41 bits per heavy atom. The molecular formula is C15H13ClFNO4. The molecule has 0 saturated carbocycles. The van der Waals surface area contributed by atoms with Gasteiger partial charge in [0.2, 0.25) is 0 Å². The third kappa shape index (κ3) is 3.65. The molecule has 0 radical (unpaired) electrons. The van der Waals surface area contributed by atoms with Crippen LogP contribution in [0.2, 0.25) is 5.02 Å². The zero-order valence-corrected chi connectivity index (χ0v) is 12.4. The lowest BCUT2D eigenvalue weighted by Crippen LogP contribution is -2.30. The number of amides is 1. The molecule has 2 rings (SSSR count). The van der Waals surface area contributed by atoms with Gasteiger partial charge in [-0.25, -0.2) is 4.39 Å². The number of hydrogen-bond donors (Lipinski definition) is 2. The summed E-state index contributed by atoms with van der Waals surface area (Å²) in [6.07, 6.45) is 0.963. The molecule has 0 fully saturated rings. The van der Waals surface area contributed by atoms with Crippen LogP contribution in [0.25, 0.3) is 0 Å². The lowest BCUT2D eigenvalue weighted by molar-refractivity contribution is -0.137. The molecule has 1 aromatic carbocycles. The maximum absolute atomic E-state index is 13.5. The largest absolute Gasteiger partial charge is 0.481 e. The quantitative estimate of drug-likeness (QED) is 0.883. The van der Waals surface area contributed by atoms with E-state index in [1.54, 1.807) is 13.0 Å². The molecule has 0 bridgehead atoms. The van der Waals surface area contributed by atoms with Crippen molar-refractivity contribution in [2.75, 3.05) is 0 Å². The number of benzene rings is 1. The van der Waals surface area contributed by atoms with Gasteiger partial charge in [-0.2, -0.15) is 0 Å². The zero-order valence-electron chi connectivity index (χ0n) is 11.6. The van der Waals surface area contributed by atoms with Crippen molar-refractivity contribution in [1.29, 1.82) is 0 Å². The summed E-state index contributed by atoms with van der Waals surface area (Å²) in [5.74, 6) is -2.29. The van der Waals surface area contributed by atoms with Crippen molar-refractivity contribution < 1.29 is 23.5 Å². The van der Waals surface area contributed by atoms with Gasteiger partial charge in [-0.05, 0) is 30.7 Å². The molecule has 0 saturated heterocycles. The first-order valence-corrected chi connectivity index (χ1v) is 6.78. The fourth-order valence-electron chi connectivity index (χ4n) is 1.99. The van der Waals surface area contributed by atoms with Crippen LogP contribution in [-0.4, -0.2) is 17.0 Å². The number of carboxylic acid groups (broad SMARTS) is 1. The van der Waals surface area contributed by atoms with E-state index in [1.807, 2.05) is 0 Å². The number of hydrogen-bond acceptors (Lipinski definition) is 3. The highest BCUT2D eigenvalue weighted by atomic mass is 35.5. The summed E-state index contributed by atoms with van der Waals surface area (Å²) in [5.41, 5.74) is 0.927. The number of carbonyl (C=O) groups excluding carboxylic acids is 1. The van der Waals surface area contributed by atoms with Crippen molar-refractivity contribution >= 4 is 23.5 Å². The Morgan fingerprint density at radius 3 is 2.68 bits per heavy atom. The van der Waals surface area contributed by atoms with E-state index in [9.17, 15) is 14.0 Å². The van der Waals surface area contributed by atoms with E-state index in [1.165, 1.54) is 18.4 Å². The van der Waals surface area contributed by atoms with E-state index < -0.39 is 30.2 Å². The van der Waals surface area contributed by atoms with Crippen LogP contribution in [0.4, 0.5) is 4.39 Å². The summed E-state index contributed by atoms with van der Waals surface area (Å²) in [7, 11) is 0. The van der Waals surface area contributed by atoms with Gasteiger partial charge in [-0.15, -0.1) is 0 Å². The van der Waals surface area contributed by atoms with E-state index in [-0.39, 0.29) is 10.8 Å². The normalized spacial score (nSPS) is 12.0. The standard InChI is InChI=1S/C15H13ClFNO4/c1-8-4-5-22-14(8)15(21)18-12(7-13(19)20)9-2-3-10(16)11(17)6-9/h2-6,12H,7H2,1H3,(H,18,21)(H,19,20). The van der Waals surface area contributed by atoms with Gasteiger partial charge in [0.05, 0.1) is 23.7 Å². The molecule has 5 nitrogen and oxygen atoms in total. The summed E-state index contributed by atoms with van der Waals surface area (Å²) >= 11 is 5.61. The predicted octanol–water partition coefficient (Wildman–Crippen LogP) is 3.33. The maximum atomic E-state index is 13.5. The SMILES string of the molecule is Cc1ccoc1C(=O)NC(CC(=O)O)c1ccc(Cl)c(F)c1. The van der Waals surface area contributed by atoms with Crippen LogP contribution in [0.3, 0.4) is 0 Å². The maximum Gasteiger partial charge on any atom is 0.305 e. The minimum atomic E-state index is -1.13. The van der Waals surface area contributed by atoms with Gasteiger partial charge in [0, 0.05) is 5.56 Å². The van der Waals surface area contributed by atoms with Crippen LogP contribution in [0.15, 0.2) is 34.9 Å². The average molecular weight is 326 g/mol. The van der Waals surface area contributed by atoms with Gasteiger partial charge in [0.1, 0.15) is 5.82 Å². The van der Waals surface area contributed by atoms with Crippen molar-refractivity contribution in [2.24, 2.45) is 0 Å². The number of carboxylic acids is 1. The fourth-order valence-corrected chi connectivity index (χ4v) is 2.10. The van der Waals surface area contributed by atoms with E-state index in [0.29, 0.717) is 11.1 Å². The number of aryl methyl sites for hydroxylation is 1. The molecule has 2 aromatic rings. The second-order valence-corrected chi connectivity index (χ2v) is 5.14. The van der Waals surface area contributed by atoms with Crippen LogP contribution in [-0.2, 0) is 4.79 Å². The first-order chi connectivity index (χ1) is 10.4. The number of halogens is 2. The van der Waals surface area contributed by atoms with E-state index in [4.69, 9.17) is 21.1 Å². The van der Waals surface area contributed by atoms with Crippen LogP contribution in [0.5, 0.6) is 0 Å². The lowest BCUT2D eigenvalue weighted by Gasteiger charge is -2.17. The van der Waals surface area contributed by atoms with E-state index in [0.717, 1.165) is 6.07 Å². The highest BCUT2D eigenvalue weighted by Gasteiger charge is 2.22. The number of aliphatic carboxylic acids is 1. The van der Waals surface area contributed by atoms with Crippen molar-refractivity contribution in [2.45, 2.75) is 19.4 Å². The first kappa shape index (κ1) is 16.0. The number of nitrogens with one attached hydrogen (secondary N) is 1. The van der Waals surface area contributed by atoms with E-state index >= 15 is 0 Å². The molecule has 7 heteroatoms. The molecule has 1 amide bonds. The van der Waals surface area contributed by atoms with Crippen molar-refractivity contribution in [3.05, 3.63) is 58.3 Å². The predicted molar refractivity (Wildman–Crippen MR) is 77.3 cm³/mol. The van der Waals surface area contributed by atoms with Gasteiger partial charge in [0.15, 0.2) is 5.76 Å². The van der Waals surface area contributed by atoms with Crippen molar-refractivity contribution in [1.82, 2.24) is 5.32 Å². The number of carbonyl (C=O) groups is 2. The molecule has 0 aliphatic heterocycles. The molecule has 0 spiro atoms. The van der Waals surface area contributed by atoms with Gasteiger partial charge in [0.25, 0.3) is 5.91 Å². The molecule has 1 heterocycles. The molecule has 22 heavy (non-hydrogen) atoms. The Kier molecular flexibility index (Phi) is 4.82. The summed E-state index contributed by atoms with van der Waals surface area (Å²) in [6, 6.07) is 4.59. The fraction of sp³-hybridized carbons (Fsp3) is 0.200. The topological polar surface area (TPSA) is 79.5 Å². The molecule has 2 N–H and O–H groups in total. The Bertz CT molecular complexity index is 713. The monoisotopic (exact) mass is 325 g/mol. The van der Waals surface area contributed by atoms with Crippen LogP contribution in [0, 0.1) is 12.7 Å². The smallest absolute Gasteiger partial charge is 0.305 e. The Labute approximate surface area is 130 Å². The molecule has 1 aromatic heterocycles. The molecule has 1 atom stereocenters. The minimum Gasteiger partial charge on any atom is -0.481 e. The van der Waals surface area contributed by atoms with Crippen molar-refractivity contribution in [3.8, 4) is 0 Å². The molecule has 0 aliphatic rings. The molecule has 116 valence electrons. The molecular weight excluding hydrogens is 313 g/mol. The van der Waals surface area contributed by atoms with Crippen LogP contribution < -0.4 is 5.32 Å².